The Kier molecular flexibility index (Phi) is 4.40. The Morgan fingerprint density at radius 1 is 1.22 bits per heavy atom. The van der Waals surface area contributed by atoms with Crippen molar-refractivity contribution in [2.75, 3.05) is 5.75 Å². The minimum absolute atomic E-state index is 0.150. The fraction of sp³-hybridized carbons (Fsp3) is 0.333. The van der Waals surface area contributed by atoms with Gasteiger partial charge in [-0.3, -0.25) is 20.2 Å². The van der Waals surface area contributed by atoms with Crippen molar-refractivity contribution in [2.24, 2.45) is 0 Å². The highest BCUT2D eigenvalue weighted by Crippen LogP contribution is 2.46. The minimum Gasteiger partial charge on any atom is -0.262 e. The molecule has 1 heterocycles. The van der Waals surface area contributed by atoms with Crippen molar-refractivity contribution in [2.45, 2.75) is 17.3 Å². The van der Waals surface area contributed by atoms with E-state index in [2.05, 4.69) is 0 Å². The highest BCUT2D eigenvalue weighted by molar-refractivity contribution is 7.95. The highest BCUT2D eigenvalue weighted by Gasteiger charge is 2.57. The van der Waals surface area contributed by atoms with Crippen molar-refractivity contribution in [1.82, 2.24) is 0 Å². The summed E-state index contributed by atoms with van der Waals surface area (Å²) in [6.07, 6.45) is 0. The predicted molar refractivity (Wildman–Crippen MR) is 83.8 cm³/mol. The first-order valence-electron chi connectivity index (χ1n) is 6.16. The number of allylic oxidation sites excluding steroid dienone is 1. The second kappa shape index (κ2) is 5.73. The zero-order chi connectivity index (χ0) is 17.6. The van der Waals surface area contributed by atoms with Crippen LogP contribution in [0.15, 0.2) is 34.7 Å². The number of alkyl halides is 2. The van der Waals surface area contributed by atoms with Gasteiger partial charge in [0.25, 0.3) is 5.69 Å². The number of non-ortho nitro benzene ring substituents is 1. The topological polar surface area (TPSA) is 120 Å². The van der Waals surface area contributed by atoms with Gasteiger partial charge in [0, 0.05) is 22.6 Å². The predicted octanol–water partition coefficient (Wildman–Crippen LogP) is 2.79. The van der Waals surface area contributed by atoms with E-state index in [1.165, 1.54) is 31.2 Å². The zero-order valence-corrected chi connectivity index (χ0v) is 13.9. The molecule has 0 saturated carbocycles. The van der Waals surface area contributed by atoms with Gasteiger partial charge in [-0.15, -0.1) is 11.6 Å². The van der Waals surface area contributed by atoms with E-state index in [1.807, 2.05) is 0 Å². The number of nitro groups is 2. The fourth-order valence-corrected chi connectivity index (χ4v) is 5.69. The van der Waals surface area contributed by atoms with Crippen LogP contribution in [0.25, 0.3) is 0 Å². The monoisotopic (exact) mass is 380 g/mol. The van der Waals surface area contributed by atoms with Crippen LogP contribution in [0.5, 0.6) is 0 Å². The fourth-order valence-electron chi connectivity index (χ4n) is 2.31. The molecule has 11 heteroatoms. The molecule has 8 nitrogen and oxygen atoms in total. The van der Waals surface area contributed by atoms with Gasteiger partial charge in [-0.25, -0.2) is 8.42 Å². The maximum absolute atomic E-state index is 12.2. The van der Waals surface area contributed by atoms with Gasteiger partial charge >= 0.3 is 5.00 Å². The van der Waals surface area contributed by atoms with E-state index in [1.54, 1.807) is 0 Å². The first kappa shape index (κ1) is 17.6. The van der Waals surface area contributed by atoms with Crippen LogP contribution in [0.2, 0.25) is 0 Å². The molecular formula is C12H10Cl2N2O6S. The lowest BCUT2D eigenvalue weighted by Gasteiger charge is -2.13. The number of nitrogens with zero attached hydrogens (tertiary/aromatic N) is 2. The second-order valence-corrected chi connectivity index (χ2v) is 8.00. The number of rotatable bonds is 4. The smallest absolute Gasteiger partial charge is 0.262 e. The first-order valence-corrected chi connectivity index (χ1v) is 8.63. The van der Waals surface area contributed by atoms with E-state index in [4.69, 9.17) is 23.2 Å². The van der Waals surface area contributed by atoms with Gasteiger partial charge in [0.1, 0.15) is 5.75 Å². The molecule has 23 heavy (non-hydrogen) atoms. The van der Waals surface area contributed by atoms with Crippen molar-refractivity contribution < 1.29 is 18.3 Å². The molecule has 2 atom stereocenters. The first-order chi connectivity index (χ1) is 10.5. The van der Waals surface area contributed by atoms with Crippen molar-refractivity contribution in [1.29, 1.82) is 0 Å². The van der Waals surface area contributed by atoms with Gasteiger partial charge in [0.15, 0.2) is 9.84 Å². The summed E-state index contributed by atoms with van der Waals surface area (Å²) < 4.78 is 24.5. The van der Waals surface area contributed by atoms with Crippen LogP contribution in [0, 0.1) is 20.2 Å². The standard InChI is InChI=1S/C12H10Cl2N2O6S/c1-7-11(23(21,22)6-12(7,14)16(19)20)10(13)8-2-4-9(5-3-8)15(17)18/h2-5,10H,6H2,1H3. The van der Waals surface area contributed by atoms with Crippen LogP contribution >= 0.6 is 23.2 Å². The highest BCUT2D eigenvalue weighted by atomic mass is 35.5. The van der Waals surface area contributed by atoms with Gasteiger partial charge in [0.05, 0.1) is 15.2 Å². The molecule has 1 aromatic carbocycles. The molecule has 0 bridgehead atoms. The molecule has 1 aromatic rings. The number of halogens is 2. The second-order valence-electron chi connectivity index (χ2n) is 4.98. The quantitative estimate of drug-likeness (QED) is 0.342. The van der Waals surface area contributed by atoms with Gasteiger partial charge < -0.3 is 0 Å². The van der Waals surface area contributed by atoms with Gasteiger partial charge in [-0.1, -0.05) is 12.1 Å². The third-order valence-corrected chi connectivity index (χ3v) is 6.90. The third kappa shape index (κ3) is 2.91. The zero-order valence-electron chi connectivity index (χ0n) is 11.6. The van der Waals surface area contributed by atoms with Gasteiger partial charge in [-0.05, 0) is 24.1 Å². The number of sulfone groups is 1. The van der Waals surface area contributed by atoms with Crippen molar-refractivity contribution in [3.63, 3.8) is 0 Å². The van der Waals surface area contributed by atoms with Crippen molar-refractivity contribution in [3.8, 4) is 0 Å². The SMILES string of the molecule is CC1=C(C(Cl)c2ccc([N+](=O)[O-])cc2)S(=O)(=O)CC1(Cl)[N+](=O)[O-]. The van der Waals surface area contributed by atoms with Crippen molar-refractivity contribution in [3.05, 3.63) is 60.5 Å². The number of nitro benzene ring substituents is 1. The van der Waals surface area contributed by atoms with E-state index in [9.17, 15) is 28.6 Å². The van der Waals surface area contributed by atoms with E-state index < -0.39 is 35.8 Å². The summed E-state index contributed by atoms with van der Waals surface area (Å²) in [6.45, 7) is 1.25. The summed E-state index contributed by atoms with van der Waals surface area (Å²) >= 11 is 12.0. The summed E-state index contributed by atoms with van der Waals surface area (Å²) in [6, 6.07) is 4.94. The maximum Gasteiger partial charge on any atom is 0.331 e. The summed E-state index contributed by atoms with van der Waals surface area (Å²) in [7, 11) is -4.02. The molecule has 0 aliphatic carbocycles. The van der Waals surface area contributed by atoms with E-state index >= 15 is 0 Å². The lowest BCUT2D eigenvalue weighted by Crippen LogP contribution is -2.35. The van der Waals surface area contributed by atoms with Crippen LogP contribution in [-0.2, 0) is 9.84 Å². The van der Waals surface area contributed by atoms with Crippen LogP contribution in [0.4, 0.5) is 5.69 Å². The normalized spacial score (nSPS) is 24.5. The third-order valence-electron chi connectivity index (χ3n) is 3.58. The van der Waals surface area contributed by atoms with E-state index in [0.29, 0.717) is 0 Å². The Balaban J connectivity index is 2.52. The van der Waals surface area contributed by atoms with Crippen LogP contribution < -0.4 is 0 Å². The van der Waals surface area contributed by atoms with Crippen molar-refractivity contribution >= 4 is 38.7 Å². The largest absolute Gasteiger partial charge is 0.331 e. The summed E-state index contributed by atoms with van der Waals surface area (Å²) in [4.78, 5) is 17.7. The molecule has 0 N–H and O–H groups in total. The average Bonchev–Trinajstić information content (AvgIpc) is 2.64. The molecule has 2 unspecified atom stereocenters. The molecule has 0 radical (unpaired) electrons. The molecule has 0 aromatic heterocycles. The summed E-state index contributed by atoms with van der Waals surface area (Å²) in [5, 5.41) is 20.5. The van der Waals surface area contributed by atoms with Crippen LogP contribution in [0.3, 0.4) is 0 Å². The number of benzene rings is 1. The molecule has 1 aliphatic heterocycles. The molecule has 0 saturated heterocycles. The Bertz CT molecular complexity index is 820. The minimum atomic E-state index is -4.02. The molecule has 0 spiro atoms. The van der Waals surface area contributed by atoms with E-state index in [-0.39, 0.29) is 21.7 Å². The maximum atomic E-state index is 12.2. The Labute approximate surface area is 140 Å². The molecule has 0 amide bonds. The lowest BCUT2D eigenvalue weighted by atomic mass is 10.1. The van der Waals surface area contributed by atoms with Gasteiger partial charge in [0.2, 0.25) is 0 Å². The molecule has 0 fully saturated rings. The number of hydrogen-bond acceptors (Lipinski definition) is 6. The average molecular weight is 381 g/mol. The summed E-state index contributed by atoms with van der Waals surface area (Å²) in [5.41, 5.74) is -0.0726. The Morgan fingerprint density at radius 3 is 2.13 bits per heavy atom. The van der Waals surface area contributed by atoms with Crippen LogP contribution in [0.1, 0.15) is 17.9 Å². The van der Waals surface area contributed by atoms with Crippen LogP contribution in [-0.4, -0.2) is 29.0 Å². The molecular weight excluding hydrogens is 371 g/mol. The molecule has 124 valence electrons. The summed E-state index contributed by atoms with van der Waals surface area (Å²) in [5.74, 6) is -0.883. The Hall–Kier alpha value is -1.71. The lowest BCUT2D eigenvalue weighted by molar-refractivity contribution is -0.524. The Morgan fingerprint density at radius 2 is 1.74 bits per heavy atom. The molecule has 2 rings (SSSR count). The van der Waals surface area contributed by atoms with E-state index in [0.717, 1.165) is 0 Å². The number of hydrogen-bond donors (Lipinski definition) is 0. The molecule has 1 aliphatic rings. The van der Waals surface area contributed by atoms with Gasteiger partial charge in [-0.2, -0.15) is 0 Å².